The maximum atomic E-state index is 5.73. The minimum atomic E-state index is 0.666. The second kappa shape index (κ2) is 11.2. The van der Waals surface area contributed by atoms with Crippen LogP contribution < -0.4 is 0 Å². The number of thiophene rings is 1. The van der Waals surface area contributed by atoms with Crippen molar-refractivity contribution in [2.24, 2.45) is 0 Å². The van der Waals surface area contributed by atoms with Gasteiger partial charge in [-0.1, -0.05) is 146 Å². The quantitative estimate of drug-likeness (QED) is 0.166. The number of nitrogens with zero attached hydrogens (tertiary/aromatic N) is 3. The lowest BCUT2D eigenvalue weighted by Gasteiger charge is -2.15. The van der Waals surface area contributed by atoms with Crippen LogP contribution in [-0.2, 0) is 0 Å². The third kappa shape index (κ3) is 4.01. The summed E-state index contributed by atoms with van der Waals surface area (Å²) in [7, 11) is 0. The maximum absolute atomic E-state index is 5.73. The molecule has 0 atom stereocenters. The van der Waals surface area contributed by atoms with Gasteiger partial charge in [-0.25, -0.2) is 9.97 Å². The van der Waals surface area contributed by atoms with Crippen LogP contribution >= 0.6 is 11.3 Å². The fourth-order valence-corrected chi connectivity index (χ4v) is 10.8. The van der Waals surface area contributed by atoms with Crippen LogP contribution in [0.5, 0.6) is 0 Å². The molecule has 0 radical (unpaired) electrons. The second-order valence-electron chi connectivity index (χ2n) is 14.8. The molecule has 0 bridgehead atoms. The van der Waals surface area contributed by atoms with Crippen molar-refractivity contribution in [2.75, 3.05) is 0 Å². The van der Waals surface area contributed by atoms with E-state index in [9.17, 15) is 0 Å². The van der Waals surface area contributed by atoms with Crippen molar-refractivity contribution < 1.29 is 0 Å². The number of rotatable bonds is 2. The first kappa shape index (κ1) is 30.2. The van der Waals surface area contributed by atoms with Crippen LogP contribution in [0, 0.1) is 0 Å². The van der Waals surface area contributed by atoms with Gasteiger partial charge in [-0.15, -0.1) is 11.3 Å². The Morgan fingerprint density at radius 1 is 0.339 bits per heavy atom. The standard InChI is InChI=1S/C52H29N3S/c1-3-14-32-30(12-1)24-27-41-48(32)51(40-21-11-23-45-46(40)39-20-9-10-22-44(39)56-45)54-52(53-41)55-42-28-25-31-13-2-4-15-33(31)49(42)50-43(55)29-26-38-36-18-6-5-16-34(36)35-17-7-8-19-37(35)47(38)50/h1-29H. The minimum Gasteiger partial charge on any atom is -0.278 e. The monoisotopic (exact) mass is 727 g/mol. The highest BCUT2D eigenvalue weighted by Gasteiger charge is 2.24. The Labute approximate surface area is 324 Å². The highest BCUT2D eigenvalue weighted by Crippen LogP contribution is 2.47. The summed E-state index contributed by atoms with van der Waals surface area (Å²) >= 11 is 1.84. The lowest BCUT2D eigenvalue weighted by molar-refractivity contribution is 1.02. The molecule has 13 aromatic rings. The number of fused-ring (bicyclic) bond motifs is 18. The summed E-state index contributed by atoms with van der Waals surface area (Å²) in [6.45, 7) is 0. The Balaban J connectivity index is 1.25. The summed E-state index contributed by atoms with van der Waals surface area (Å²) in [5, 5.41) is 18.3. The third-order valence-corrected chi connectivity index (χ3v) is 13.1. The van der Waals surface area contributed by atoms with Crippen molar-refractivity contribution in [1.29, 1.82) is 0 Å². The molecular weight excluding hydrogens is 699 g/mol. The first-order chi connectivity index (χ1) is 27.8. The molecule has 0 amide bonds. The van der Waals surface area contributed by atoms with E-state index in [0.29, 0.717) is 5.95 Å². The normalized spacial score (nSPS) is 12.3. The molecule has 13 rings (SSSR count). The van der Waals surface area contributed by atoms with Crippen LogP contribution in [0.3, 0.4) is 0 Å². The summed E-state index contributed by atoms with van der Waals surface area (Å²) in [4.78, 5) is 11.2. The third-order valence-electron chi connectivity index (χ3n) is 12.0. The van der Waals surface area contributed by atoms with Crippen LogP contribution in [-0.4, -0.2) is 14.5 Å². The van der Waals surface area contributed by atoms with Gasteiger partial charge >= 0.3 is 0 Å². The van der Waals surface area contributed by atoms with Gasteiger partial charge < -0.3 is 0 Å². The van der Waals surface area contributed by atoms with E-state index in [-0.39, 0.29) is 0 Å². The van der Waals surface area contributed by atoms with E-state index in [1.165, 1.54) is 79.4 Å². The number of hydrogen-bond donors (Lipinski definition) is 0. The molecule has 0 aliphatic rings. The summed E-state index contributed by atoms with van der Waals surface area (Å²) in [5.74, 6) is 0.666. The average Bonchev–Trinajstić information content (AvgIpc) is 3.82. The predicted molar refractivity (Wildman–Crippen MR) is 240 cm³/mol. The molecule has 0 aliphatic carbocycles. The minimum absolute atomic E-state index is 0.666. The van der Waals surface area contributed by atoms with Crippen molar-refractivity contribution in [1.82, 2.24) is 14.5 Å². The van der Waals surface area contributed by atoms with Crippen LogP contribution in [0.15, 0.2) is 176 Å². The van der Waals surface area contributed by atoms with Gasteiger partial charge in [0, 0.05) is 47.3 Å². The molecule has 0 N–H and O–H groups in total. The molecular formula is C52H29N3S. The summed E-state index contributed by atoms with van der Waals surface area (Å²) in [6.07, 6.45) is 0. The van der Waals surface area contributed by atoms with Gasteiger partial charge in [-0.05, 0) is 78.8 Å². The van der Waals surface area contributed by atoms with E-state index in [1.54, 1.807) is 0 Å². The Hall–Kier alpha value is -7.14. The van der Waals surface area contributed by atoms with Gasteiger partial charge in [0.1, 0.15) is 0 Å². The van der Waals surface area contributed by atoms with E-state index >= 15 is 0 Å². The first-order valence-corrected chi connectivity index (χ1v) is 19.9. The smallest absolute Gasteiger partial charge is 0.235 e. The van der Waals surface area contributed by atoms with Gasteiger partial charge in [0.2, 0.25) is 5.95 Å². The van der Waals surface area contributed by atoms with Crippen molar-refractivity contribution in [3.05, 3.63) is 176 Å². The van der Waals surface area contributed by atoms with E-state index in [1.807, 2.05) is 11.3 Å². The molecule has 0 aliphatic heterocycles. The largest absolute Gasteiger partial charge is 0.278 e. The molecule has 258 valence electrons. The summed E-state index contributed by atoms with van der Waals surface area (Å²) in [5.41, 5.74) is 5.18. The van der Waals surface area contributed by atoms with Crippen LogP contribution in [0.4, 0.5) is 0 Å². The Morgan fingerprint density at radius 3 is 1.66 bits per heavy atom. The van der Waals surface area contributed by atoms with Crippen molar-refractivity contribution >= 4 is 118 Å². The zero-order valence-electron chi connectivity index (χ0n) is 30.0. The molecule has 0 spiro atoms. The molecule has 3 nitrogen and oxygen atoms in total. The average molecular weight is 728 g/mol. The molecule has 4 heteroatoms. The van der Waals surface area contributed by atoms with E-state index < -0.39 is 0 Å². The zero-order valence-corrected chi connectivity index (χ0v) is 30.8. The number of aromatic nitrogens is 3. The molecule has 0 saturated carbocycles. The second-order valence-corrected chi connectivity index (χ2v) is 15.9. The molecule has 10 aromatic carbocycles. The lowest BCUT2D eigenvalue weighted by Crippen LogP contribution is -2.04. The summed E-state index contributed by atoms with van der Waals surface area (Å²) in [6, 6.07) is 64.0. The van der Waals surface area contributed by atoms with Crippen molar-refractivity contribution in [2.45, 2.75) is 0 Å². The van der Waals surface area contributed by atoms with Gasteiger partial charge in [-0.3, -0.25) is 4.57 Å². The van der Waals surface area contributed by atoms with Crippen LogP contribution in [0.2, 0.25) is 0 Å². The van der Waals surface area contributed by atoms with E-state index in [4.69, 9.17) is 9.97 Å². The highest BCUT2D eigenvalue weighted by atomic mass is 32.1. The molecule has 56 heavy (non-hydrogen) atoms. The maximum Gasteiger partial charge on any atom is 0.235 e. The van der Waals surface area contributed by atoms with E-state index in [2.05, 4.69) is 180 Å². The van der Waals surface area contributed by atoms with Crippen molar-refractivity contribution in [3.63, 3.8) is 0 Å². The molecule has 0 saturated heterocycles. The van der Waals surface area contributed by atoms with E-state index in [0.717, 1.165) is 38.6 Å². The molecule has 0 unspecified atom stereocenters. The van der Waals surface area contributed by atoms with Gasteiger partial charge in [0.15, 0.2) is 0 Å². The SMILES string of the molecule is c1ccc2c(c1)ccc1nc(-n3c4ccc5ccccc5c4c4c5c6ccccc6c6ccccc6c5ccc43)nc(-c3cccc4sc5ccccc5c34)c12. The topological polar surface area (TPSA) is 30.7 Å². The Kier molecular flexibility index (Phi) is 6.04. The first-order valence-electron chi connectivity index (χ1n) is 19.1. The Morgan fingerprint density at radius 2 is 0.893 bits per heavy atom. The fraction of sp³-hybridized carbons (Fsp3) is 0. The predicted octanol–water partition coefficient (Wildman–Crippen LogP) is 14.5. The summed E-state index contributed by atoms with van der Waals surface area (Å²) < 4.78 is 4.86. The van der Waals surface area contributed by atoms with Crippen LogP contribution in [0.1, 0.15) is 0 Å². The van der Waals surface area contributed by atoms with Gasteiger partial charge in [0.25, 0.3) is 0 Å². The lowest BCUT2D eigenvalue weighted by atomic mass is 9.91. The zero-order chi connectivity index (χ0) is 36.5. The van der Waals surface area contributed by atoms with Gasteiger partial charge in [0.05, 0.1) is 22.2 Å². The molecule has 3 aromatic heterocycles. The van der Waals surface area contributed by atoms with Gasteiger partial charge in [-0.2, -0.15) is 0 Å². The number of hydrogen-bond acceptors (Lipinski definition) is 3. The van der Waals surface area contributed by atoms with Crippen molar-refractivity contribution in [3.8, 4) is 17.2 Å². The number of benzene rings is 10. The van der Waals surface area contributed by atoms with Crippen LogP contribution in [0.25, 0.3) is 124 Å². The highest BCUT2D eigenvalue weighted by molar-refractivity contribution is 7.25. The molecule has 0 fully saturated rings. The fourth-order valence-electron chi connectivity index (χ4n) is 9.64. The Bertz CT molecular complexity index is 3800. The molecule has 3 heterocycles.